The quantitative estimate of drug-likeness (QED) is 0.550. The van der Waals surface area contributed by atoms with Gasteiger partial charge in [-0.3, -0.25) is 4.68 Å². The largest absolute Gasteiger partial charge is 0.261 e. The Kier molecular flexibility index (Phi) is 1.62. The van der Waals surface area contributed by atoms with Crippen molar-refractivity contribution in [1.82, 2.24) is 9.78 Å². The third kappa shape index (κ3) is 1.05. The lowest BCUT2D eigenvalue weighted by molar-refractivity contribution is 0.426. The van der Waals surface area contributed by atoms with Gasteiger partial charge in [-0.1, -0.05) is 0 Å². The second-order valence-electron chi connectivity index (χ2n) is 1.37. The van der Waals surface area contributed by atoms with Crippen molar-refractivity contribution in [2.24, 2.45) is 0 Å². The fraction of sp³-hybridized carbons (Fsp3) is 0.400. The summed E-state index contributed by atoms with van der Waals surface area (Å²) < 4.78 is 12.9. The van der Waals surface area contributed by atoms with Crippen LogP contribution >= 0.6 is 0 Å². The molecule has 2 nitrogen and oxygen atoms in total. The normalized spacial score (nSPS) is 9.62. The number of rotatable bonds is 2. The molecule has 0 saturated heterocycles. The maximum Gasteiger partial charge on any atom is 0.109 e. The molecule has 0 atom stereocenters. The van der Waals surface area contributed by atoms with Crippen LogP contribution in [0.5, 0.6) is 0 Å². The van der Waals surface area contributed by atoms with Gasteiger partial charge in [-0.15, -0.1) is 0 Å². The molecule has 3 heteroatoms. The van der Waals surface area contributed by atoms with Crippen LogP contribution in [-0.4, -0.2) is 16.5 Å². The summed E-state index contributed by atoms with van der Waals surface area (Å²) in [6, 6.07) is 1.65. The number of nitrogens with zero attached hydrogens (tertiary/aromatic N) is 2. The smallest absolute Gasteiger partial charge is 0.109 e. The van der Waals surface area contributed by atoms with Crippen LogP contribution in [0.1, 0.15) is 0 Å². The molecule has 0 N–H and O–H groups in total. The molecule has 0 aromatic carbocycles. The number of aromatic nitrogens is 2. The average molecular weight is 113 g/mol. The first kappa shape index (κ1) is 5.28. The third-order valence-corrected chi connectivity index (χ3v) is 0.800. The summed E-state index contributed by atoms with van der Waals surface area (Å²) in [4.78, 5) is 0. The second-order valence-corrected chi connectivity index (χ2v) is 1.37. The molecule has 43 valence electrons. The van der Waals surface area contributed by atoms with E-state index in [4.69, 9.17) is 0 Å². The Morgan fingerprint density at radius 1 is 1.75 bits per heavy atom. The lowest BCUT2D eigenvalue weighted by Crippen LogP contribution is -1.98. The first-order chi connectivity index (χ1) is 3.93. The topological polar surface area (TPSA) is 17.8 Å². The monoisotopic (exact) mass is 113 g/mol. The van der Waals surface area contributed by atoms with Gasteiger partial charge in [-0.2, -0.15) is 5.10 Å². The molecule has 0 unspecified atom stereocenters. The van der Waals surface area contributed by atoms with E-state index in [1.165, 1.54) is 4.68 Å². The van der Waals surface area contributed by atoms with Crippen molar-refractivity contribution in [3.63, 3.8) is 0 Å². The highest BCUT2D eigenvalue weighted by molar-refractivity contribution is 4.74. The van der Waals surface area contributed by atoms with E-state index in [0.29, 0.717) is 6.54 Å². The molecule has 0 fully saturated rings. The lowest BCUT2D eigenvalue weighted by Gasteiger charge is -1.90. The van der Waals surface area contributed by atoms with Gasteiger partial charge < -0.3 is 0 Å². The predicted molar refractivity (Wildman–Crippen MR) is 27.0 cm³/mol. The molecule has 0 aliphatic carbocycles. The number of halogens is 1. The van der Waals surface area contributed by atoms with Crippen molar-refractivity contribution >= 4 is 0 Å². The van der Waals surface area contributed by atoms with Crippen molar-refractivity contribution in [2.75, 3.05) is 6.67 Å². The molecule has 1 aromatic rings. The molecule has 1 rings (SSSR count). The zero-order valence-corrected chi connectivity index (χ0v) is 4.34. The summed E-state index contributed by atoms with van der Waals surface area (Å²) in [7, 11) is 0. The molecule has 8 heavy (non-hydrogen) atoms. The SMILES string of the molecule is FCCn1[c]ccn1. The van der Waals surface area contributed by atoms with Crippen LogP contribution < -0.4 is 0 Å². The van der Waals surface area contributed by atoms with Crippen LogP contribution in [0.2, 0.25) is 0 Å². The molecular formula is C5H6FN2. The van der Waals surface area contributed by atoms with Crippen molar-refractivity contribution < 1.29 is 4.39 Å². The van der Waals surface area contributed by atoms with Gasteiger partial charge in [0.2, 0.25) is 0 Å². The van der Waals surface area contributed by atoms with Gasteiger partial charge in [0.1, 0.15) is 6.67 Å². The van der Waals surface area contributed by atoms with E-state index in [2.05, 4.69) is 11.3 Å². The van der Waals surface area contributed by atoms with E-state index >= 15 is 0 Å². The molecule has 0 aliphatic heterocycles. The minimum atomic E-state index is -0.377. The van der Waals surface area contributed by atoms with E-state index in [-0.39, 0.29) is 6.67 Å². The fourth-order valence-corrected chi connectivity index (χ4v) is 0.469. The molecule has 1 heterocycles. The number of aryl methyl sites for hydroxylation is 1. The van der Waals surface area contributed by atoms with Gasteiger partial charge in [0.05, 0.1) is 12.7 Å². The van der Waals surface area contributed by atoms with Crippen LogP contribution in [-0.2, 0) is 6.54 Å². The summed E-state index contributed by atoms with van der Waals surface area (Å²) >= 11 is 0. The highest BCUT2D eigenvalue weighted by atomic mass is 19.1. The van der Waals surface area contributed by atoms with Gasteiger partial charge in [0.25, 0.3) is 0 Å². The standard InChI is InChI=1S/C5H6FN2/c6-2-5-8-4-1-3-7-8/h1,3H,2,5H2. The number of alkyl halides is 1. The van der Waals surface area contributed by atoms with E-state index in [1.54, 1.807) is 12.3 Å². The summed E-state index contributed by atoms with van der Waals surface area (Å²) in [6.45, 7) is -0.0643. The Labute approximate surface area is 46.9 Å². The minimum Gasteiger partial charge on any atom is -0.261 e. The molecule has 0 spiro atoms. The van der Waals surface area contributed by atoms with Crippen molar-refractivity contribution in [2.45, 2.75) is 6.54 Å². The van der Waals surface area contributed by atoms with Crippen LogP contribution in [0.15, 0.2) is 12.3 Å². The summed E-state index contributed by atoms with van der Waals surface area (Å²) in [6.07, 6.45) is 4.28. The van der Waals surface area contributed by atoms with Crippen LogP contribution in [0.25, 0.3) is 0 Å². The minimum absolute atomic E-state index is 0.312. The fourth-order valence-electron chi connectivity index (χ4n) is 0.469. The van der Waals surface area contributed by atoms with Crippen LogP contribution in [0.4, 0.5) is 4.39 Å². The highest BCUT2D eigenvalue weighted by Crippen LogP contribution is 1.81. The van der Waals surface area contributed by atoms with Gasteiger partial charge in [0, 0.05) is 6.20 Å². The molecule has 1 aromatic heterocycles. The van der Waals surface area contributed by atoms with Gasteiger partial charge in [-0.05, 0) is 6.07 Å². The Morgan fingerprint density at radius 2 is 2.62 bits per heavy atom. The molecule has 0 amide bonds. The molecule has 0 saturated carbocycles. The summed E-state index contributed by atoms with van der Waals surface area (Å²) in [5.41, 5.74) is 0. The first-order valence-electron chi connectivity index (χ1n) is 2.39. The lowest BCUT2D eigenvalue weighted by atomic mass is 10.7. The van der Waals surface area contributed by atoms with Gasteiger partial charge in [-0.25, -0.2) is 4.39 Å². The summed E-state index contributed by atoms with van der Waals surface area (Å²) in [5, 5.41) is 3.73. The first-order valence-corrected chi connectivity index (χ1v) is 2.39. The van der Waals surface area contributed by atoms with E-state index < -0.39 is 0 Å². The number of hydrogen-bond donors (Lipinski definition) is 0. The van der Waals surface area contributed by atoms with Crippen molar-refractivity contribution in [3.05, 3.63) is 18.5 Å². The highest BCUT2D eigenvalue weighted by Gasteiger charge is 1.85. The van der Waals surface area contributed by atoms with Crippen molar-refractivity contribution in [1.29, 1.82) is 0 Å². The molecule has 0 aliphatic rings. The Balaban J connectivity index is 2.50. The number of hydrogen-bond acceptors (Lipinski definition) is 1. The maximum absolute atomic E-state index is 11.5. The summed E-state index contributed by atoms with van der Waals surface area (Å²) in [5.74, 6) is 0. The van der Waals surface area contributed by atoms with Crippen molar-refractivity contribution in [3.8, 4) is 0 Å². The zero-order chi connectivity index (χ0) is 5.82. The predicted octanol–water partition coefficient (Wildman–Crippen LogP) is 0.653. The second kappa shape index (κ2) is 2.45. The zero-order valence-electron chi connectivity index (χ0n) is 4.34. The Bertz CT molecular complexity index is 136. The molecule has 0 bridgehead atoms. The maximum atomic E-state index is 11.5. The Morgan fingerprint density at radius 3 is 3.12 bits per heavy atom. The average Bonchev–Trinajstić information content (AvgIpc) is 2.19. The van der Waals surface area contributed by atoms with Gasteiger partial charge in [0.15, 0.2) is 0 Å². The van der Waals surface area contributed by atoms with Crippen LogP contribution in [0.3, 0.4) is 0 Å². The van der Waals surface area contributed by atoms with Gasteiger partial charge >= 0.3 is 0 Å². The van der Waals surface area contributed by atoms with E-state index in [0.717, 1.165) is 0 Å². The van der Waals surface area contributed by atoms with E-state index in [1.807, 2.05) is 0 Å². The van der Waals surface area contributed by atoms with E-state index in [9.17, 15) is 4.39 Å². The molecular weight excluding hydrogens is 107 g/mol. The Hall–Kier alpha value is -0.860. The third-order valence-electron chi connectivity index (χ3n) is 0.800. The van der Waals surface area contributed by atoms with Crippen LogP contribution in [0, 0.1) is 6.20 Å². The molecule has 1 radical (unpaired) electrons.